The standard InChI is InChI=1S/C7H14O/c1-3-6(2)7-4-5-8-7/h6-7H,3-5H2,1-2H3. The molecule has 0 aliphatic carbocycles. The molecule has 0 spiro atoms. The van der Waals surface area contributed by atoms with Gasteiger partial charge in [0.1, 0.15) is 0 Å². The lowest BCUT2D eigenvalue weighted by molar-refractivity contribution is -0.0810. The van der Waals surface area contributed by atoms with Crippen molar-refractivity contribution in [2.24, 2.45) is 5.92 Å². The third kappa shape index (κ3) is 1.03. The number of hydrogen-bond donors (Lipinski definition) is 0. The molecule has 48 valence electrons. The monoisotopic (exact) mass is 114 g/mol. The van der Waals surface area contributed by atoms with Crippen molar-refractivity contribution in [1.29, 1.82) is 0 Å². The van der Waals surface area contributed by atoms with E-state index in [1.165, 1.54) is 12.8 Å². The van der Waals surface area contributed by atoms with E-state index >= 15 is 0 Å². The van der Waals surface area contributed by atoms with Crippen molar-refractivity contribution < 1.29 is 4.74 Å². The highest BCUT2D eigenvalue weighted by Gasteiger charge is 2.22. The quantitative estimate of drug-likeness (QED) is 0.532. The fraction of sp³-hybridized carbons (Fsp3) is 1.00. The summed E-state index contributed by atoms with van der Waals surface area (Å²) >= 11 is 0. The molecule has 1 heteroatoms. The van der Waals surface area contributed by atoms with E-state index in [-0.39, 0.29) is 0 Å². The Hall–Kier alpha value is -0.0400. The van der Waals surface area contributed by atoms with Crippen LogP contribution in [0.1, 0.15) is 26.7 Å². The van der Waals surface area contributed by atoms with E-state index in [1.807, 2.05) is 0 Å². The van der Waals surface area contributed by atoms with Crippen molar-refractivity contribution >= 4 is 0 Å². The van der Waals surface area contributed by atoms with Crippen LogP contribution in [0.4, 0.5) is 0 Å². The van der Waals surface area contributed by atoms with Crippen LogP contribution in [0.2, 0.25) is 0 Å². The third-order valence-electron chi connectivity index (χ3n) is 2.01. The van der Waals surface area contributed by atoms with Crippen molar-refractivity contribution in [1.82, 2.24) is 0 Å². The lowest BCUT2D eigenvalue weighted by Gasteiger charge is -2.31. The Bertz CT molecular complexity index is 64.0. The molecule has 0 bridgehead atoms. The average Bonchev–Trinajstić information content (AvgIpc) is 1.62. The molecule has 2 unspecified atom stereocenters. The van der Waals surface area contributed by atoms with E-state index in [0.717, 1.165) is 12.5 Å². The van der Waals surface area contributed by atoms with E-state index in [4.69, 9.17) is 4.74 Å². The highest BCUT2D eigenvalue weighted by molar-refractivity contribution is 4.71. The second-order valence-electron chi connectivity index (χ2n) is 2.58. The van der Waals surface area contributed by atoms with Gasteiger partial charge in [-0.2, -0.15) is 0 Å². The summed E-state index contributed by atoms with van der Waals surface area (Å²) in [5, 5.41) is 0. The van der Waals surface area contributed by atoms with E-state index in [1.54, 1.807) is 0 Å². The average molecular weight is 114 g/mol. The zero-order chi connectivity index (χ0) is 5.98. The molecule has 0 amide bonds. The summed E-state index contributed by atoms with van der Waals surface area (Å²) in [6, 6.07) is 0. The minimum Gasteiger partial charge on any atom is -0.378 e. The second-order valence-corrected chi connectivity index (χ2v) is 2.58. The molecule has 1 rings (SSSR count). The van der Waals surface area contributed by atoms with Crippen LogP contribution in [0.15, 0.2) is 0 Å². The van der Waals surface area contributed by atoms with Crippen LogP contribution in [-0.2, 0) is 4.74 Å². The van der Waals surface area contributed by atoms with E-state index in [9.17, 15) is 0 Å². The Kier molecular flexibility index (Phi) is 1.90. The number of ether oxygens (including phenoxy) is 1. The first kappa shape index (κ1) is 6.09. The number of hydrogen-bond acceptors (Lipinski definition) is 1. The summed E-state index contributed by atoms with van der Waals surface area (Å²) < 4.78 is 5.28. The zero-order valence-corrected chi connectivity index (χ0v) is 5.68. The van der Waals surface area contributed by atoms with Crippen molar-refractivity contribution in [3.63, 3.8) is 0 Å². The van der Waals surface area contributed by atoms with Gasteiger partial charge in [0.2, 0.25) is 0 Å². The van der Waals surface area contributed by atoms with Crippen molar-refractivity contribution in [3.8, 4) is 0 Å². The van der Waals surface area contributed by atoms with E-state index in [0.29, 0.717) is 6.10 Å². The Balaban J connectivity index is 2.13. The molecule has 1 nitrogen and oxygen atoms in total. The summed E-state index contributed by atoms with van der Waals surface area (Å²) in [5.41, 5.74) is 0. The molecular weight excluding hydrogens is 100 g/mol. The van der Waals surface area contributed by atoms with Gasteiger partial charge < -0.3 is 4.74 Å². The first-order chi connectivity index (χ1) is 3.84. The maximum Gasteiger partial charge on any atom is 0.0622 e. The summed E-state index contributed by atoms with van der Waals surface area (Å²) in [6.07, 6.45) is 3.14. The summed E-state index contributed by atoms with van der Waals surface area (Å²) in [5.74, 6) is 0.781. The Morgan fingerprint density at radius 2 is 2.38 bits per heavy atom. The first-order valence-corrected chi connectivity index (χ1v) is 3.46. The molecule has 0 N–H and O–H groups in total. The summed E-state index contributed by atoms with van der Waals surface area (Å²) in [7, 11) is 0. The van der Waals surface area contributed by atoms with E-state index in [2.05, 4.69) is 13.8 Å². The molecule has 8 heavy (non-hydrogen) atoms. The second kappa shape index (κ2) is 2.49. The lowest BCUT2D eigenvalue weighted by Crippen LogP contribution is -2.32. The van der Waals surface area contributed by atoms with Crippen LogP contribution in [0.25, 0.3) is 0 Å². The first-order valence-electron chi connectivity index (χ1n) is 3.46. The molecule has 0 saturated carbocycles. The lowest BCUT2D eigenvalue weighted by atomic mass is 9.96. The van der Waals surface area contributed by atoms with Crippen LogP contribution < -0.4 is 0 Å². The molecule has 1 aliphatic rings. The van der Waals surface area contributed by atoms with Gasteiger partial charge in [0.25, 0.3) is 0 Å². The predicted octanol–water partition coefficient (Wildman–Crippen LogP) is 1.82. The van der Waals surface area contributed by atoms with Gasteiger partial charge in [-0.05, 0) is 12.3 Å². The molecule has 1 saturated heterocycles. The Morgan fingerprint density at radius 3 is 2.50 bits per heavy atom. The highest BCUT2D eigenvalue weighted by atomic mass is 16.5. The van der Waals surface area contributed by atoms with Crippen LogP contribution in [0.5, 0.6) is 0 Å². The predicted molar refractivity (Wildman–Crippen MR) is 33.8 cm³/mol. The highest BCUT2D eigenvalue weighted by Crippen LogP contribution is 2.21. The molecule has 0 aromatic rings. The van der Waals surface area contributed by atoms with Crippen molar-refractivity contribution in [3.05, 3.63) is 0 Å². The summed E-state index contributed by atoms with van der Waals surface area (Å²) in [4.78, 5) is 0. The fourth-order valence-electron chi connectivity index (χ4n) is 0.966. The molecule has 0 aromatic carbocycles. The summed E-state index contributed by atoms with van der Waals surface area (Å²) in [6.45, 7) is 5.46. The van der Waals surface area contributed by atoms with Crippen molar-refractivity contribution in [2.75, 3.05) is 6.61 Å². The van der Waals surface area contributed by atoms with Crippen LogP contribution in [0.3, 0.4) is 0 Å². The van der Waals surface area contributed by atoms with Gasteiger partial charge in [-0.1, -0.05) is 20.3 Å². The zero-order valence-electron chi connectivity index (χ0n) is 5.68. The maximum atomic E-state index is 5.28. The minimum atomic E-state index is 0.597. The molecule has 1 heterocycles. The maximum absolute atomic E-state index is 5.28. The Morgan fingerprint density at radius 1 is 1.75 bits per heavy atom. The van der Waals surface area contributed by atoms with Crippen LogP contribution in [0, 0.1) is 5.92 Å². The van der Waals surface area contributed by atoms with Gasteiger partial charge in [-0.15, -0.1) is 0 Å². The van der Waals surface area contributed by atoms with Crippen LogP contribution in [-0.4, -0.2) is 12.7 Å². The molecule has 2 atom stereocenters. The molecule has 1 fully saturated rings. The number of rotatable bonds is 2. The Labute approximate surface area is 51.0 Å². The van der Waals surface area contributed by atoms with Crippen LogP contribution >= 0.6 is 0 Å². The normalized spacial score (nSPS) is 31.5. The largest absolute Gasteiger partial charge is 0.378 e. The third-order valence-corrected chi connectivity index (χ3v) is 2.01. The van der Waals surface area contributed by atoms with E-state index < -0.39 is 0 Å². The minimum absolute atomic E-state index is 0.597. The molecule has 0 radical (unpaired) electrons. The van der Waals surface area contributed by atoms with Gasteiger partial charge in [0, 0.05) is 6.61 Å². The van der Waals surface area contributed by atoms with Gasteiger partial charge in [-0.3, -0.25) is 0 Å². The topological polar surface area (TPSA) is 9.23 Å². The van der Waals surface area contributed by atoms with Gasteiger partial charge >= 0.3 is 0 Å². The van der Waals surface area contributed by atoms with Gasteiger partial charge in [0.05, 0.1) is 6.10 Å². The smallest absolute Gasteiger partial charge is 0.0622 e. The molecular formula is C7H14O. The SMILES string of the molecule is CCC(C)C1CCO1. The van der Waals surface area contributed by atoms with Gasteiger partial charge in [-0.25, -0.2) is 0 Å². The van der Waals surface area contributed by atoms with Crippen molar-refractivity contribution in [2.45, 2.75) is 32.8 Å². The van der Waals surface area contributed by atoms with Gasteiger partial charge in [0.15, 0.2) is 0 Å². The fourth-order valence-corrected chi connectivity index (χ4v) is 0.966. The molecule has 1 aliphatic heterocycles. The molecule has 0 aromatic heterocycles.